The van der Waals surface area contributed by atoms with Gasteiger partial charge in [0.15, 0.2) is 0 Å². The molecular weight excluding hydrogens is 336 g/mol. The van der Waals surface area contributed by atoms with Gasteiger partial charge in [-0.1, -0.05) is 0 Å². The number of sulfonamides is 1. The number of nitrogens with zero attached hydrogens (tertiary/aromatic N) is 1. The molecule has 0 aromatic heterocycles. The van der Waals surface area contributed by atoms with E-state index in [0.717, 1.165) is 0 Å². The highest BCUT2D eigenvalue weighted by Gasteiger charge is 2.21. The molecule has 0 atom stereocenters. The van der Waals surface area contributed by atoms with E-state index < -0.39 is 14.9 Å². The monoisotopic (exact) mass is 352 g/mol. The molecule has 0 saturated carbocycles. The third-order valence-electron chi connectivity index (χ3n) is 3.33. The molecule has 0 heterocycles. The summed E-state index contributed by atoms with van der Waals surface area (Å²) in [6.07, 6.45) is 0. The fraction of sp³-hybridized carbons (Fsp3) is 0.200. The number of aryl methyl sites for hydroxylation is 1. The Morgan fingerprint density at radius 3 is 2.33 bits per heavy atom. The maximum Gasteiger partial charge on any atom is 0.269 e. The van der Waals surface area contributed by atoms with Crippen LogP contribution in [0.3, 0.4) is 0 Å². The van der Waals surface area contributed by atoms with Crippen LogP contribution in [0.5, 0.6) is 11.5 Å². The number of anilines is 1. The molecule has 0 unspecified atom stereocenters. The lowest BCUT2D eigenvalue weighted by Gasteiger charge is -2.14. The van der Waals surface area contributed by atoms with E-state index in [1.165, 1.54) is 50.6 Å². The SMILES string of the molecule is COc1ccc(S(=O)(=O)Nc2ccc([N+](=O)[O-])cc2C)c(OC)c1. The molecular formula is C15H16N2O6S. The summed E-state index contributed by atoms with van der Waals surface area (Å²) in [6, 6.07) is 8.19. The smallest absolute Gasteiger partial charge is 0.269 e. The Morgan fingerprint density at radius 1 is 1.08 bits per heavy atom. The van der Waals surface area contributed by atoms with Crippen LogP contribution in [-0.2, 0) is 10.0 Å². The minimum atomic E-state index is -3.94. The topological polar surface area (TPSA) is 108 Å². The molecule has 0 aliphatic rings. The van der Waals surface area contributed by atoms with Gasteiger partial charge < -0.3 is 9.47 Å². The molecule has 0 spiro atoms. The zero-order chi connectivity index (χ0) is 17.9. The van der Waals surface area contributed by atoms with E-state index in [9.17, 15) is 18.5 Å². The number of hydrogen-bond acceptors (Lipinski definition) is 6. The van der Waals surface area contributed by atoms with Crippen LogP contribution in [0, 0.1) is 17.0 Å². The van der Waals surface area contributed by atoms with Gasteiger partial charge in [-0.05, 0) is 30.7 Å². The van der Waals surface area contributed by atoms with E-state index in [-0.39, 0.29) is 22.0 Å². The maximum atomic E-state index is 12.6. The van der Waals surface area contributed by atoms with Crippen LogP contribution >= 0.6 is 0 Å². The Hall–Kier alpha value is -2.81. The number of nitrogens with one attached hydrogen (secondary N) is 1. The molecule has 0 amide bonds. The third-order valence-corrected chi connectivity index (χ3v) is 4.73. The Balaban J connectivity index is 2.40. The van der Waals surface area contributed by atoms with Crippen LogP contribution in [-0.4, -0.2) is 27.6 Å². The summed E-state index contributed by atoms with van der Waals surface area (Å²) >= 11 is 0. The van der Waals surface area contributed by atoms with Gasteiger partial charge in [-0.3, -0.25) is 14.8 Å². The first kappa shape index (κ1) is 17.5. The number of methoxy groups -OCH3 is 2. The molecule has 2 rings (SSSR count). The highest BCUT2D eigenvalue weighted by atomic mass is 32.2. The van der Waals surface area contributed by atoms with Crippen LogP contribution in [0.2, 0.25) is 0 Å². The van der Waals surface area contributed by atoms with Gasteiger partial charge in [-0.25, -0.2) is 8.42 Å². The predicted molar refractivity (Wildman–Crippen MR) is 88.2 cm³/mol. The normalized spacial score (nSPS) is 11.0. The van der Waals surface area contributed by atoms with Gasteiger partial charge in [-0.15, -0.1) is 0 Å². The molecule has 0 aliphatic heterocycles. The van der Waals surface area contributed by atoms with Gasteiger partial charge in [-0.2, -0.15) is 0 Å². The van der Waals surface area contributed by atoms with E-state index >= 15 is 0 Å². The van der Waals surface area contributed by atoms with Crippen molar-refractivity contribution in [2.45, 2.75) is 11.8 Å². The fourth-order valence-electron chi connectivity index (χ4n) is 2.07. The van der Waals surface area contributed by atoms with E-state index in [2.05, 4.69) is 4.72 Å². The zero-order valence-corrected chi connectivity index (χ0v) is 14.1. The van der Waals surface area contributed by atoms with Crippen molar-refractivity contribution < 1.29 is 22.8 Å². The van der Waals surface area contributed by atoms with Gasteiger partial charge in [0.1, 0.15) is 16.4 Å². The summed E-state index contributed by atoms with van der Waals surface area (Å²) in [5.41, 5.74) is 0.566. The average Bonchev–Trinajstić information content (AvgIpc) is 2.55. The van der Waals surface area contributed by atoms with Crippen LogP contribution in [0.4, 0.5) is 11.4 Å². The Morgan fingerprint density at radius 2 is 1.79 bits per heavy atom. The first-order chi connectivity index (χ1) is 11.3. The molecule has 128 valence electrons. The molecule has 24 heavy (non-hydrogen) atoms. The minimum absolute atomic E-state index is 0.0662. The average molecular weight is 352 g/mol. The number of ether oxygens (including phenoxy) is 2. The summed E-state index contributed by atoms with van der Waals surface area (Å²) in [4.78, 5) is 10.1. The van der Waals surface area contributed by atoms with Crippen molar-refractivity contribution in [3.05, 3.63) is 52.1 Å². The van der Waals surface area contributed by atoms with Crippen LogP contribution in [0.25, 0.3) is 0 Å². The third kappa shape index (κ3) is 3.57. The molecule has 0 fully saturated rings. The summed E-state index contributed by atoms with van der Waals surface area (Å²) < 4.78 is 37.7. The van der Waals surface area contributed by atoms with Gasteiger partial charge >= 0.3 is 0 Å². The van der Waals surface area contributed by atoms with Crippen LogP contribution in [0.15, 0.2) is 41.3 Å². The van der Waals surface area contributed by atoms with Gasteiger partial charge in [0.2, 0.25) is 0 Å². The first-order valence-electron chi connectivity index (χ1n) is 6.78. The zero-order valence-electron chi connectivity index (χ0n) is 13.3. The van der Waals surface area contributed by atoms with E-state index in [0.29, 0.717) is 11.3 Å². The summed E-state index contributed by atoms with van der Waals surface area (Å²) in [5.74, 6) is 0.582. The summed E-state index contributed by atoms with van der Waals surface area (Å²) in [7, 11) is -1.13. The van der Waals surface area contributed by atoms with Crippen molar-refractivity contribution in [1.29, 1.82) is 0 Å². The molecule has 0 saturated heterocycles. The van der Waals surface area contributed by atoms with Crippen molar-refractivity contribution in [2.24, 2.45) is 0 Å². The second-order valence-electron chi connectivity index (χ2n) is 4.88. The molecule has 2 aromatic rings. The van der Waals surface area contributed by atoms with Crippen molar-refractivity contribution in [3.8, 4) is 11.5 Å². The Labute approximate surface area is 139 Å². The maximum absolute atomic E-state index is 12.6. The lowest BCUT2D eigenvalue weighted by molar-refractivity contribution is -0.384. The quantitative estimate of drug-likeness (QED) is 0.632. The second-order valence-corrected chi connectivity index (χ2v) is 6.53. The van der Waals surface area contributed by atoms with Crippen molar-refractivity contribution in [2.75, 3.05) is 18.9 Å². The fourth-order valence-corrected chi connectivity index (χ4v) is 3.36. The molecule has 0 aliphatic carbocycles. The lowest BCUT2D eigenvalue weighted by Crippen LogP contribution is -2.15. The number of rotatable bonds is 6. The molecule has 2 aromatic carbocycles. The van der Waals surface area contributed by atoms with Crippen molar-refractivity contribution >= 4 is 21.4 Å². The van der Waals surface area contributed by atoms with Crippen LogP contribution < -0.4 is 14.2 Å². The number of nitro benzene ring substituents is 1. The first-order valence-corrected chi connectivity index (χ1v) is 8.26. The number of hydrogen-bond donors (Lipinski definition) is 1. The molecule has 0 radical (unpaired) electrons. The van der Waals surface area contributed by atoms with Gasteiger partial charge in [0, 0.05) is 18.2 Å². The highest BCUT2D eigenvalue weighted by Crippen LogP contribution is 2.31. The highest BCUT2D eigenvalue weighted by molar-refractivity contribution is 7.92. The van der Waals surface area contributed by atoms with Crippen molar-refractivity contribution in [3.63, 3.8) is 0 Å². The Bertz CT molecular complexity index is 880. The minimum Gasteiger partial charge on any atom is -0.497 e. The van der Waals surface area contributed by atoms with Gasteiger partial charge in [0.25, 0.3) is 15.7 Å². The standard InChI is InChI=1S/C15H16N2O6S/c1-10-8-11(17(18)19)4-6-13(10)16-24(20,21)15-7-5-12(22-2)9-14(15)23-3/h4-9,16H,1-3H3. The lowest BCUT2D eigenvalue weighted by atomic mass is 10.2. The van der Waals surface area contributed by atoms with E-state index in [1.807, 2.05) is 0 Å². The summed E-state index contributed by atoms with van der Waals surface area (Å²) in [6.45, 7) is 1.58. The summed E-state index contributed by atoms with van der Waals surface area (Å²) in [5, 5.41) is 10.8. The molecule has 9 heteroatoms. The largest absolute Gasteiger partial charge is 0.497 e. The molecule has 0 bridgehead atoms. The predicted octanol–water partition coefficient (Wildman–Crippen LogP) is 2.72. The molecule has 8 nitrogen and oxygen atoms in total. The van der Waals surface area contributed by atoms with E-state index in [4.69, 9.17) is 9.47 Å². The number of benzene rings is 2. The van der Waals surface area contributed by atoms with Gasteiger partial charge in [0.05, 0.1) is 24.8 Å². The second kappa shape index (κ2) is 6.75. The van der Waals surface area contributed by atoms with Crippen molar-refractivity contribution in [1.82, 2.24) is 0 Å². The Kier molecular flexibility index (Phi) is 4.93. The van der Waals surface area contributed by atoms with Crippen LogP contribution in [0.1, 0.15) is 5.56 Å². The number of non-ortho nitro benzene ring substituents is 1. The van der Waals surface area contributed by atoms with E-state index in [1.54, 1.807) is 6.92 Å². The number of nitro groups is 1. The molecule has 1 N–H and O–H groups in total.